The summed E-state index contributed by atoms with van der Waals surface area (Å²) in [4.78, 5) is 15.1. The highest BCUT2D eigenvalue weighted by Crippen LogP contribution is 2.27. The van der Waals surface area contributed by atoms with Gasteiger partial charge in [-0.25, -0.2) is 13.4 Å². The summed E-state index contributed by atoms with van der Waals surface area (Å²) in [5.74, 6) is 0.442. The molecule has 28 heavy (non-hydrogen) atoms. The van der Waals surface area contributed by atoms with Crippen LogP contribution in [0.2, 0.25) is 0 Å². The number of nitrogens with one attached hydrogen (secondary N) is 1. The molecule has 0 saturated carbocycles. The highest BCUT2D eigenvalue weighted by molar-refractivity contribution is 7.90. The Balaban J connectivity index is 1.92. The minimum atomic E-state index is -3.26. The molecule has 1 aromatic heterocycles. The number of nitro benzene ring substituents is 1. The maximum Gasteiger partial charge on any atom is 0.270 e. The van der Waals surface area contributed by atoms with E-state index >= 15 is 0 Å². The molecule has 1 atom stereocenters. The summed E-state index contributed by atoms with van der Waals surface area (Å²) in [6.45, 7) is 1.88. The van der Waals surface area contributed by atoms with Crippen molar-refractivity contribution in [3.05, 3.63) is 69.8 Å². The van der Waals surface area contributed by atoms with E-state index in [1.807, 2.05) is 13.0 Å². The zero-order valence-corrected chi connectivity index (χ0v) is 15.9. The van der Waals surface area contributed by atoms with Crippen LogP contribution in [-0.4, -0.2) is 24.6 Å². The Hall–Kier alpha value is -3.51. The molecule has 0 fully saturated rings. The van der Waals surface area contributed by atoms with Crippen molar-refractivity contribution in [2.24, 2.45) is 0 Å². The number of hydrogen-bond donors (Lipinski definition) is 1. The molecule has 1 unspecified atom stereocenters. The molecular weight excluding hydrogens is 380 g/mol. The number of aromatic nitrogens is 1. The van der Waals surface area contributed by atoms with E-state index in [0.29, 0.717) is 16.7 Å². The highest BCUT2D eigenvalue weighted by Gasteiger charge is 2.14. The monoisotopic (exact) mass is 396 g/mol. The Kier molecular flexibility index (Phi) is 4.98. The van der Waals surface area contributed by atoms with E-state index in [4.69, 9.17) is 0 Å². The van der Waals surface area contributed by atoms with Gasteiger partial charge in [0.2, 0.25) is 0 Å². The van der Waals surface area contributed by atoms with E-state index in [1.165, 1.54) is 36.4 Å². The van der Waals surface area contributed by atoms with Gasteiger partial charge in [0, 0.05) is 29.8 Å². The maximum absolute atomic E-state index is 11.6. The SMILES string of the molecule is CC(Nc1cc(C#N)c2cc([N+](=O)[O-])ccc2n1)c1ccc(S(C)(=O)=O)cc1. The summed E-state index contributed by atoms with van der Waals surface area (Å²) >= 11 is 0. The first kappa shape index (κ1) is 19.3. The summed E-state index contributed by atoms with van der Waals surface area (Å²) in [5.41, 5.74) is 1.48. The number of nitro groups is 1. The predicted molar refractivity (Wildman–Crippen MR) is 105 cm³/mol. The number of sulfone groups is 1. The van der Waals surface area contributed by atoms with Gasteiger partial charge in [0.15, 0.2) is 9.84 Å². The first-order chi connectivity index (χ1) is 13.2. The molecule has 0 saturated heterocycles. The van der Waals surface area contributed by atoms with Crippen molar-refractivity contribution in [3.63, 3.8) is 0 Å². The zero-order chi connectivity index (χ0) is 20.5. The molecule has 1 N–H and O–H groups in total. The molecule has 0 amide bonds. The summed E-state index contributed by atoms with van der Waals surface area (Å²) in [5, 5.41) is 24.0. The number of nitriles is 1. The van der Waals surface area contributed by atoms with Gasteiger partial charge in [0.25, 0.3) is 5.69 Å². The average Bonchev–Trinajstić information content (AvgIpc) is 2.66. The van der Waals surface area contributed by atoms with E-state index in [1.54, 1.807) is 12.1 Å². The smallest absolute Gasteiger partial charge is 0.270 e. The molecule has 2 aromatic carbocycles. The van der Waals surface area contributed by atoms with E-state index in [-0.39, 0.29) is 22.2 Å². The number of hydrogen-bond acceptors (Lipinski definition) is 7. The van der Waals surface area contributed by atoms with Crippen molar-refractivity contribution in [1.82, 2.24) is 4.98 Å². The Bertz CT molecular complexity index is 1220. The molecule has 3 aromatic rings. The average molecular weight is 396 g/mol. The van der Waals surface area contributed by atoms with E-state index in [9.17, 15) is 23.8 Å². The highest BCUT2D eigenvalue weighted by atomic mass is 32.2. The molecule has 142 valence electrons. The molecule has 0 bridgehead atoms. The van der Waals surface area contributed by atoms with Gasteiger partial charge in [0.05, 0.1) is 27.0 Å². The standard InChI is InChI=1S/C19H16N4O4S/c1-12(13-3-6-16(7-4-13)28(2,26)27)21-19-9-14(11-20)17-10-15(23(24)25)5-8-18(17)22-19/h3-10,12H,1-2H3,(H,21,22). The van der Waals surface area contributed by atoms with Crippen molar-refractivity contribution in [3.8, 4) is 6.07 Å². The van der Waals surface area contributed by atoms with Crippen LogP contribution in [0.5, 0.6) is 0 Å². The molecule has 3 rings (SSSR count). The van der Waals surface area contributed by atoms with Crippen LogP contribution in [0.1, 0.15) is 24.1 Å². The van der Waals surface area contributed by atoms with Crippen LogP contribution in [0.3, 0.4) is 0 Å². The summed E-state index contributed by atoms with van der Waals surface area (Å²) < 4.78 is 23.1. The second kappa shape index (κ2) is 7.25. The fourth-order valence-electron chi connectivity index (χ4n) is 2.80. The number of fused-ring (bicyclic) bond motifs is 1. The number of rotatable bonds is 5. The normalized spacial score (nSPS) is 12.3. The van der Waals surface area contributed by atoms with Crippen LogP contribution in [0, 0.1) is 21.4 Å². The lowest BCUT2D eigenvalue weighted by molar-refractivity contribution is -0.384. The summed E-state index contributed by atoms with van der Waals surface area (Å²) in [6, 6.07) is 14.1. The van der Waals surface area contributed by atoms with Gasteiger partial charge >= 0.3 is 0 Å². The molecule has 0 aliphatic heterocycles. The largest absolute Gasteiger partial charge is 0.363 e. The Morgan fingerprint density at radius 3 is 2.43 bits per heavy atom. The van der Waals surface area contributed by atoms with E-state index in [2.05, 4.69) is 10.3 Å². The van der Waals surface area contributed by atoms with Crippen LogP contribution < -0.4 is 5.32 Å². The number of anilines is 1. The van der Waals surface area contributed by atoms with E-state index in [0.717, 1.165) is 11.8 Å². The second-order valence-electron chi connectivity index (χ2n) is 6.33. The van der Waals surface area contributed by atoms with Gasteiger partial charge in [-0.15, -0.1) is 0 Å². The van der Waals surface area contributed by atoms with Crippen molar-refractivity contribution in [2.45, 2.75) is 17.9 Å². The Labute approximate surface area is 161 Å². The van der Waals surface area contributed by atoms with Gasteiger partial charge in [-0.05, 0) is 36.8 Å². The van der Waals surface area contributed by atoms with Gasteiger partial charge < -0.3 is 5.32 Å². The second-order valence-corrected chi connectivity index (χ2v) is 8.35. The minimum absolute atomic E-state index is 0.106. The van der Waals surface area contributed by atoms with Crippen molar-refractivity contribution >= 4 is 32.2 Å². The zero-order valence-electron chi connectivity index (χ0n) is 15.1. The third-order valence-corrected chi connectivity index (χ3v) is 5.42. The molecular formula is C19H16N4O4S. The molecule has 8 nitrogen and oxygen atoms in total. The first-order valence-corrected chi connectivity index (χ1v) is 10.1. The van der Waals surface area contributed by atoms with Gasteiger partial charge in [-0.2, -0.15) is 5.26 Å². The molecule has 1 heterocycles. The van der Waals surface area contributed by atoms with Crippen LogP contribution in [0.4, 0.5) is 11.5 Å². The summed E-state index contributed by atoms with van der Waals surface area (Å²) in [7, 11) is -3.26. The third kappa shape index (κ3) is 3.92. The molecule has 0 aliphatic rings. The van der Waals surface area contributed by atoms with Crippen LogP contribution in [0.15, 0.2) is 53.4 Å². The minimum Gasteiger partial charge on any atom is -0.363 e. The number of pyridine rings is 1. The van der Waals surface area contributed by atoms with Gasteiger partial charge in [-0.3, -0.25) is 10.1 Å². The Morgan fingerprint density at radius 1 is 1.18 bits per heavy atom. The number of benzene rings is 2. The van der Waals surface area contributed by atoms with Crippen LogP contribution >= 0.6 is 0 Å². The summed E-state index contributed by atoms with van der Waals surface area (Å²) in [6.07, 6.45) is 1.15. The lowest BCUT2D eigenvalue weighted by Crippen LogP contribution is -2.09. The lowest BCUT2D eigenvalue weighted by atomic mass is 10.1. The van der Waals surface area contributed by atoms with Crippen LogP contribution in [-0.2, 0) is 9.84 Å². The first-order valence-electron chi connectivity index (χ1n) is 8.25. The maximum atomic E-state index is 11.6. The fraction of sp³-hybridized carbons (Fsp3) is 0.158. The van der Waals surface area contributed by atoms with Crippen molar-refractivity contribution in [2.75, 3.05) is 11.6 Å². The van der Waals surface area contributed by atoms with Crippen molar-refractivity contribution < 1.29 is 13.3 Å². The van der Waals surface area contributed by atoms with Gasteiger partial charge in [0.1, 0.15) is 5.82 Å². The van der Waals surface area contributed by atoms with Crippen LogP contribution in [0.25, 0.3) is 10.9 Å². The predicted octanol–water partition coefficient (Wildman–Crippen LogP) is 3.59. The lowest BCUT2D eigenvalue weighted by Gasteiger charge is -2.16. The van der Waals surface area contributed by atoms with Crippen molar-refractivity contribution in [1.29, 1.82) is 5.26 Å². The molecule has 0 radical (unpaired) electrons. The molecule has 0 aliphatic carbocycles. The number of non-ortho nitro benzene ring substituents is 1. The van der Waals surface area contributed by atoms with Gasteiger partial charge in [-0.1, -0.05) is 12.1 Å². The quantitative estimate of drug-likeness (QED) is 0.516. The number of nitrogens with zero attached hydrogens (tertiary/aromatic N) is 3. The topological polar surface area (TPSA) is 126 Å². The third-order valence-electron chi connectivity index (χ3n) is 4.30. The van der Waals surface area contributed by atoms with E-state index < -0.39 is 14.8 Å². The fourth-order valence-corrected chi connectivity index (χ4v) is 3.43. The molecule has 0 spiro atoms. The Morgan fingerprint density at radius 2 is 1.86 bits per heavy atom. The molecule has 9 heteroatoms.